The third-order valence-corrected chi connectivity index (χ3v) is 4.73. The zero-order valence-corrected chi connectivity index (χ0v) is 12.3. The average Bonchev–Trinajstić information content (AvgIpc) is 2.53. The number of likely N-dealkylation sites (tertiary alicyclic amines) is 1. The number of hydrogen-bond donors (Lipinski definition) is 1. The van der Waals surface area contributed by atoms with E-state index in [0.717, 1.165) is 37.9 Å². The molecule has 0 aromatic heterocycles. The minimum absolute atomic E-state index is 0.0305. The highest BCUT2D eigenvalue weighted by Crippen LogP contribution is 2.27. The lowest BCUT2D eigenvalue weighted by Crippen LogP contribution is -2.50. The molecule has 3 rings (SSSR count). The van der Waals surface area contributed by atoms with Crippen LogP contribution in [0.15, 0.2) is 24.3 Å². The molecular weight excluding hydrogens is 248 g/mol. The Balaban J connectivity index is 1.72. The summed E-state index contributed by atoms with van der Waals surface area (Å²) in [5, 5.41) is 3.45. The molecule has 3 nitrogen and oxygen atoms in total. The van der Waals surface area contributed by atoms with Gasteiger partial charge in [-0.25, -0.2) is 0 Å². The van der Waals surface area contributed by atoms with Crippen molar-refractivity contribution >= 4 is 11.6 Å². The molecule has 1 fully saturated rings. The minimum atomic E-state index is -0.0305. The molecule has 3 heteroatoms. The van der Waals surface area contributed by atoms with Gasteiger partial charge in [0.05, 0.1) is 0 Å². The summed E-state index contributed by atoms with van der Waals surface area (Å²) in [6.45, 7) is 3.14. The number of amides is 1. The zero-order valence-electron chi connectivity index (χ0n) is 12.3. The van der Waals surface area contributed by atoms with Gasteiger partial charge < -0.3 is 10.2 Å². The monoisotopic (exact) mass is 272 g/mol. The van der Waals surface area contributed by atoms with Crippen molar-refractivity contribution in [1.29, 1.82) is 0 Å². The van der Waals surface area contributed by atoms with Crippen molar-refractivity contribution in [2.45, 2.75) is 57.5 Å². The number of benzene rings is 1. The highest BCUT2D eigenvalue weighted by molar-refractivity contribution is 5.86. The third kappa shape index (κ3) is 2.54. The van der Waals surface area contributed by atoms with Gasteiger partial charge in [-0.05, 0) is 50.2 Å². The van der Waals surface area contributed by atoms with Gasteiger partial charge in [-0.15, -0.1) is 0 Å². The smallest absolute Gasteiger partial charge is 0.245 e. The summed E-state index contributed by atoms with van der Waals surface area (Å²) in [4.78, 5) is 14.9. The maximum Gasteiger partial charge on any atom is 0.245 e. The summed E-state index contributed by atoms with van der Waals surface area (Å²) >= 11 is 0. The molecule has 0 aliphatic carbocycles. The maximum atomic E-state index is 12.8. The van der Waals surface area contributed by atoms with E-state index in [9.17, 15) is 4.79 Å². The molecule has 2 aliphatic heterocycles. The van der Waals surface area contributed by atoms with Gasteiger partial charge in [0.2, 0.25) is 5.91 Å². The van der Waals surface area contributed by atoms with Crippen LogP contribution >= 0.6 is 0 Å². The number of carbonyl (C=O) groups excluding carboxylic acids is 1. The minimum Gasteiger partial charge on any atom is -0.373 e. The van der Waals surface area contributed by atoms with Crippen LogP contribution in [0.5, 0.6) is 0 Å². The first-order valence-corrected chi connectivity index (χ1v) is 7.94. The summed E-state index contributed by atoms with van der Waals surface area (Å²) in [6.07, 6.45) is 6.60. The number of carbonyl (C=O) groups is 1. The van der Waals surface area contributed by atoms with E-state index in [1.54, 1.807) is 0 Å². The number of aryl methyl sites for hydroxylation is 1. The van der Waals surface area contributed by atoms with E-state index in [-0.39, 0.29) is 6.04 Å². The molecule has 2 aliphatic rings. The Morgan fingerprint density at radius 3 is 3.00 bits per heavy atom. The van der Waals surface area contributed by atoms with Gasteiger partial charge in [-0.3, -0.25) is 4.79 Å². The Kier molecular flexibility index (Phi) is 3.95. The van der Waals surface area contributed by atoms with E-state index in [0.29, 0.717) is 11.9 Å². The number of nitrogens with zero attached hydrogens (tertiary/aromatic N) is 1. The van der Waals surface area contributed by atoms with Crippen LogP contribution in [0.3, 0.4) is 0 Å². The van der Waals surface area contributed by atoms with E-state index < -0.39 is 0 Å². The lowest BCUT2D eigenvalue weighted by Gasteiger charge is -2.39. The lowest BCUT2D eigenvalue weighted by molar-refractivity contribution is -0.136. The highest BCUT2D eigenvalue weighted by Gasteiger charge is 2.32. The predicted octanol–water partition coefficient (Wildman–Crippen LogP) is 3.20. The van der Waals surface area contributed by atoms with Crippen LogP contribution in [-0.2, 0) is 11.2 Å². The molecular formula is C17H24N2O. The van der Waals surface area contributed by atoms with Gasteiger partial charge >= 0.3 is 0 Å². The van der Waals surface area contributed by atoms with Crippen LogP contribution in [0, 0.1) is 0 Å². The Morgan fingerprint density at radius 1 is 1.30 bits per heavy atom. The van der Waals surface area contributed by atoms with E-state index in [1.807, 2.05) is 6.07 Å². The molecule has 1 aromatic rings. The molecule has 2 atom stereocenters. The van der Waals surface area contributed by atoms with Crippen LogP contribution in [-0.4, -0.2) is 29.4 Å². The zero-order chi connectivity index (χ0) is 13.9. The number of fused-ring (bicyclic) bond motifs is 1. The van der Waals surface area contributed by atoms with E-state index >= 15 is 0 Å². The first-order valence-electron chi connectivity index (χ1n) is 7.94. The van der Waals surface area contributed by atoms with Gasteiger partial charge in [0.1, 0.15) is 6.04 Å². The number of rotatable bonds is 2. The summed E-state index contributed by atoms with van der Waals surface area (Å²) in [5.41, 5.74) is 2.48. The van der Waals surface area contributed by atoms with Crippen molar-refractivity contribution in [2.24, 2.45) is 0 Å². The second kappa shape index (κ2) is 5.86. The van der Waals surface area contributed by atoms with Gasteiger partial charge in [-0.2, -0.15) is 0 Å². The average molecular weight is 272 g/mol. The molecule has 2 unspecified atom stereocenters. The van der Waals surface area contributed by atoms with Crippen molar-refractivity contribution in [2.75, 3.05) is 11.9 Å². The van der Waals surface area contributed by atoms with Crippen molar-refractivity contribution in [3.8, 4) is 0 Å². The normalized spacial score (nSPS) is 25.8. The first-order chi connectivity index (χ1) is 9.79. The largest absolute Gasteiger partial charge is 0.373 e. The van der Waals surface area contributed by atoms with Crippen molar-refractivity contribution in [3.05, 3.63) is 29.8 Å². The van der Waals surface area contributed by atoms with Gasteiger partial charge in [-0.1, -0.05) is 25.1 Å². The Bertz CT molecular complexity index is 486. The number of nitrogens with one attached hydrogen (secondary N) is 1. The molecule has 1 saturated heterocycles. The number of piperidine rings is 1. The van der Waals surface area contributed by atoms with Crippen LogP contribution in [0.4, 0.5) is 5.69 Å². The van der Waals surface area contributed by atoms with E-state index in [4.69, 9.17) is 0 Å². The molecule has 108 valence electrons. The first kappa shape index (κ1) is 13.5. The quantitative estimate of drug-likeness (QED) is 0.896. The van der Waals surface area contributed by atoms with Gasteiger partial charge in [0.15, 0.2) is 0 Å². The molecule has 1 amide bonds. The van der Waals surface area contributed by atoms with Crippen molar-refractivity contribution in [3.63, 3.8) is 0 Å². The van der Waals surface area contributed by atoms with Crippen LogP contribution in [0.1, 0.15) is 44.6 Å². The summed E-state index contributed by atoms with van der Waals surface area (Å²) < 4.78 is 0. The number of para-hydroxylation sites is 1. The second-order valence-electron chi connectivity index (χ2n) is 5.98. The fraction of sp³-hybridized carbons (Fsp3) is 0.588. The fourth-order valence-electron chi connectivity index (χ4n) is 3.54. The summed E-state index contributed by atoms with van der Waals surface area (Å²) in [7, 11) is 0. The molecule has 0 bridgehead atoms. The molecule has 0 saturated carbocycles. The SMILES string of the molecule is CCC1CCCCN1C(=O)C1CCc2ccccc2N1. The maximum absolute atomic E-state index is 12.8. The molecule has 2 heterocycles. The molecule has 0 radical (unpaired) electrons. The topological polar surface area (TPSA) is 32.3 Å². The van der Waals surface area contributed by atoms with E-state index in [1.165, 1.54) is 18.4 Å². The lowest BCUT2D eigenvalue weighted by atomic mass is 9.94. The Morgan fingerprint density at radius 2 is 2.15 bits per heavy atom. The third-order valence-electron chi connectivity index (χ3n) is 4.73. The number of hydrogen-bond acceptors (Lipinski definition) is 2. The summed E-state index contributed by atoms with van der Waals surface area (Å²) in [6, 6.07) is 8.77. The van der Waals surface area contributed by atoms with Gasteiger partial charge in [0.25, 0.3) is 0 Å². The highest BCUT2D eigenvalue weighted by atomic mass is 16.2. The van der Waals surface area contributed by atoms with Crippen LogP contribution < -0.4 is 5.32 Å². The Labute approximate surface area is 121 Å². The number of anilines is 1. The van der Waals surface area contributed by atoms with Crippen LogP contribution in [0.25, 0.3) is 0 Å². The summed E-state index contributed by atoms with van der Waals surface area (Å²) in [5.74, 6) is 0.311. The van der Waals surface area contributed by atoms with E-state index in [2.05, 4.69) is 35.3 Å². The predicted molar refractivity (Wildman–Crippen MR) is 81.8 cm³/mol. The molecule has 0 spiro atoms. The standard InChI is InChI=1S/C17H24N2O/c1-2-14-8-5-6-12-19(14)17(20)16-11-10-13-7-3-4-9-15(13)18-16/h3-4,7,9,14,16,18H,2,5-6,8,10-12H2,1H3. The Hall–Kier alpha value is -1.51. The van der Waals surface area contributed by atoms with Crippen molar-refractivity contribution in [1.82, 2.24) is 4.90 Å². The second-order valence-corrected chi connectivity index (χ2v) is 5.98. The van der Waals surface area contributed by atoms with Crippen molar-refractivity contribution < 1.29 is 4.79 Å². The van der Waals surface area contributed by atoms with Gasteiger partial charge in [0, 0.05) is 18.3 Å². The molecule has 1 N–H and O–H groups in total. The van der Waals surface area contributed by atoms with Crippen LogP contribution in [0.2, 0.25) is 0 Å². The molecule has 1 aromatic carbocycles. The fourth-order valence-corrected chi connectivity index (χ4v) is 3.54. The molecule has 20 heavy (non-hydrogen) atoms.